The van der Waals surface area contributed by atoms with E-state index in [4.69, 9.17) is 23.8 Å². The highest BCUT2D eigenvalue weighted by Crippen LogP contribution is 2.39. The van der Waals surface area contributed by atoms with Crippen molar-refractivity contribution in [1.29, 1.82) is 0 Å². The van der Waals surface area contributed by atoms with Crippen molar-refractivity contribution >= 4 is 53.5 Å². The predicted octanol–water partition coefficient (Wildman–Crippen LogP) is 6.77. The van der Waals surface area contributed by atoms with Crippen LogP contribution < -0.4 is 25.6 Å². The van der Waals surface area contributed by atoms with Gasteiger partial charge in [0.05, 0.1) is 28.2 Å². The van der Waals surface area contributed by atoms with Gasteiger partial charge in [0.25, 0.3) is 0 Å². The molecule has 0 aliphatic carbocycles. The van der Waals surface area contributed by atoms with Gasteiger partial charge in [-0.15, -0.1) is 0 Å². The number of anilines is 5. The van der Waals surface area contributed by atoms with E-state index >= 15 is 0 Å². The minimum Gasteiger partial charge on any atom is -0.489 e. The lowest BCUT2D eigenvalue weighted by Crippen LogP contribution is -2.43. The fourth-order valence-electron chi connectivity index (χ4n) is 5.64. The second kappa shape index (κ2) is 14.4. The van der Waals surface area contributed by atoms with Crippen molar-refractivity contribution in [3.05, 3.63) is 54.7 Å². The first-order valence-electron chi connectivity index (χ1n) is 15.0. The molecule has 3 N–H and O–H groups in total. The second-order valence-electron chi connectivity index (χ2n) is 11.1. The van der Waals surface area contributed by atoms with Crippen LogP contribution in [0.4, 0.5) is 28.8 Å². The Kier molecular flexibility index (Phi) is 10.4. The maximum absolute atomic E-state index is 6.33. The summed E-state index contributed by atoms with van der Waals surface area (Å²) in [7, 11) is 4.33. The lowest BCUT2D eigenvalue weighted by molar-refractivity contribution is 0.207. The van der Waals surface area contributed by atoms with E-state index in [2.05, 4.69) is 71.4 Å². The van der Waals surface area contributed by atoms with Gasteiger partial charge in [-0.1, -0.05) is 19.1 Å². The zero-order valence-electron chi connectivity index (χ0n) is 26.1. The van der Waals surface area contributed by atoms with Crippen LogP contribution in [-0.2, 0) is 9.05 Å². The number of fused-ring (bicyclic) bond motifs is 1. The summed E-state index contributed by atoms with van der Waals surface area (Å²) in [5.41, 5.74) is 3.58. The van der Waals surface area contributed by atoms with Gasteiger partial charge in [-0.2, -0.15) is 9.97 Å². The summed E-state index contributed by atoms with van der Waals surface area (Å²) < 4.78 is 17.5. The van der Waals surface area contributed by atoms with Crippen LogP contribution in [0.1, 0.15) is 40.0 Å². The highest BCUT2D eigenvalue weighted by molar-refractivity contribution is 7.56. The number of nitrogens with one attached hydrogen (secondary N) is 3. The van der Waals surface area contributed by atoms with Gasteiger partial charge >= 0.3 is 0 Å². The fraction of sp³-hybridized carbons (Fsp3) is 0.438. The van der Waals surface area contributed by atoms with Crippen molar-refractivity contribution in [2.45, 2.75) is 52.2 Å². The van der Waals surface area contributed by atoms with Gasteiger partial charge in [-0.05, 0) is 77.0 Å². The molecule has 1 fully saturated rings. The van der Waals surface area contributed by atoms with Crippen molar-refractivity contribution in [3.8, 4) is 5.75 Å². The maximum Gasteiger partial charge on any atom is 0.231 e. The number of hydrogen-bond donors (Lipinski definition) is 3. The van der Waals surface area contributed by atoms with Crippen LogP contribution in [0.3, 0.4) is 0 Å². The van der Waals surface area contributed by atoms with Crippen molar-refractivity contribution < 1.29 is 13.8 Å². The average Bonchev–Trinajstić information content (AvgIpc) is 3.48. The molecular formula is C32H44N7O3P. The summed E-state index contributed by atoms with van der Waals surface area (Å²) in [6.45, 7) is 9.54. The molecule has 10 nitrogen and oxygen atoms in total. The second-order valence-corrected chi connectivity index (χ2v) is 12.8. The molecular weight excluding hydrogens is 561 g/mol. The minimum absolute atomic E-state index is 0.0503. The zero-order chi connectivity index (χ0) is 30.3. The first-order chi connectivity index (χ1) is 20.9. The van der Waals surface area contributed by atoms with E-state index in [9.17, 15) is 0 Å². The molecule has 4 aromatic rings. The van der Waals surface area contributed by atoms with Crippen LogP contribution in [0.25, 0.3) is 11.0 Å². The molecule has 11 heteroatoms. The number of aromatic amines is 1. The number of nitrogens with zero attached hydrogens (tertiary/aromatic N) is 4. The average molecular weight is 606 g/mol. The number of piperidine rings is 1. The fourth-order valence-corrected chi connectivity index (χ4v) is 6.72. The van der Waals surface area contributed by atoms with Gasteiger partial charge in [0, 0.05) is 51.3 Å². The van der Waals surface area contributed by atoms with Crippen LogP contribution in [-0.4, -0.2) is 72.9 Å². The SMILES string of the molecule is CCCN(C)C1CCN(c2ccc(Nc3nc(Nc4ccccc4P(OC)OC)c4cc[nH]c4n3)cc2OC(C)C)CC1. The van der Waals surface area contributed by atoms with Gasteiger partial charge in [0.2, 0.25) is 14.3 Å². The van der Waals surface area contributed by atoms with Crippen LogP contribution in [0, 0.1) is 0 Å². The largest absolute Gasteiger partial charge is 0.489 e. The van der Waals surface area contributed by atoms with Crippen LogP contribution >= 0.6 is 8.38 Å². The highest BCUT2D eigenvalue weighted by atomic mass is 31.2. The molecule has 0 saturated carbocycles. The van der Waals surface area contributed by atoms with E-state index in [1.165, 1.54) is 6.42 Å². The van der Waals surface area contributed by atoms with Gasteiger partial charge in [-0.3, -0.25) is 0 Å². The highest BCUT2D eigenvalue weighted by Gasteiger charge is 2.25. The summed E-state index contributed by atoms with van der Waals surface area (Å²) in [6, 6.07) is 16.8. The number of ether oxygens (including phenoxy) is 1. The van der Waals surface area contributed by atoms with Gasteiger partial charge in [0.1, 0.15) is 17.2 Å². The Labute approximate surface area is 256 Å². The lowest BCUT2D eigenvalue weighted by atomic mass is 10.0. The van der Waals surface area contributed by atoms with Gasteiger partial charge in [0.15, 0.2) is 0 Å². The molecule has 43 heavy (non-hydrogen) atoms. The Morgan fingerprint density at radius 3 is 2.53 bits per heavy atom. The van der Waals surface area contributed by atoms with E-state index in [0.717, 1.165) is 71.6 Å². The third-order valence-corrected chi connectivity index (χ3v) is 9.13. The lowest BCUT2D eigenvalue weighted by Gasteiger charge is -2.38. The maximum atomic E-state index is 6.33. The summed E-state index contributed by atoms with van der Waals surface area (Å²) >= 11 is 0. The summed E-state index contributed by atoms with van der Waals surface area (Å²) in [5, 5.41) is 8.73. The minimum atomic E-state index is -1.23. The Morgan fingerprint density at radius 1 is 1.05 bits per heavy atom. The summed E-state index contributed by atoms with van der Waals surface area (Å²) in [5.74, 6) is 2.01. The summed E-state index contributed by atoms with van der Waals surface area (Å²) in [4.78, 5) is 17.8. The first kappa shape index (κ1) is 31.0. The zero-order valence-corrected chi connectivity index (χ0v) is 26.9. The van der Waals surface area contributed by atoms with Crippen LogP contribution in [0.2, 0.25) is 0 Å². The van der Waals surface area contributed by atoms with Crippen molar-refractivity contribution in [2.75, 3.05) is 56.4 Å². The van der Waals surface area contributed by atoms with Gasteiger partial charge < -0.3 is 39.2 Å². The van der Waals surface area contributed by atoms with Crippen molar-refractivity contribution in [2.24, 2.45) is 0 Å². The molecule has 1 aliphatic heterocycles. The third kappa shape index (κ3) is 7.39. The molecule has 0 radical (unpaired) electrons. The standard InChI is InChI=1S/C32H44N7O3P/c1-7-18-38(4)24-15-19-39(20-16-24)27-13-12-23(21-28(27)42-22(2)3)34-32-36-30-25(14-17-33-30)31(37-32)35-26-10-8-9-11-29(26)43(40-5)41-6/h8-14,17,21-22,24H,7,15-16,18-20H2,1-6H3,(H3,33,34,35,36,37). The molecule has 2 aromatic heterocycles. The van der Waals surface area contributed by atoms with Gasteiger partial charge in [-0.25, -0.2) is 0 Å². The number of hydrogen-bond acceptors (Lipinski definition) is 9. The molecule has 230 valence electrons. The molecule has 0 bridgehead atoms. The third-order valence-electron chi connectivity index (χ3n) is 7.68. The molecule has 0 amide bonds. The molecule has 0 unspecified atom stereocenters. The molecule has 0 atom stereocenters. The number of benzene rings is 2. The number of H-pyrrole nitrogens is 1. The molecule has 1 saturated heterocycles. The first-order valence-corrected chi connectivity index (χ1v) is 16.2. The van der Waals surface area contributed by atoms with E-state index in [1.807, 2.05) is 36.5 Å². The smallest absolute Gasteiger partial charge is 0.231 e. The Hall–Kier alpha value is -3.43. The van der Waals surface area contributed by atoms with E-state index < -0.39 is 8.38 Å². The normalized spacial score (nSPS) is 14.3. The topological polar surface area (TPSA) is 99.8 Å². The molecule has 3 heterocycles. The number of rotatable bonds is 13. The van der Waals surface area contributed by atoms with E-state index in [0.29, 0.717) is 17.8 Å². The van der Waals surface area contributed by atoms with E-state index in [1.54, 1.807) is 14.2 Å². The molecule has 1 aliphatic rings. The van der Waals surface area contributed by atoms with Crippen LogP contribution in [0.5, 0.6) is 5.75 Å². The number of para-hydroxylation sites is 1. The van der Waals surface area contributed by atoms with E-state index in [-0.39, 0.29) is 6.10 Å². The molecule has 5 rings (SSSR count). The Bertz CT molecular complexity index is 1490. The van der Waals surface area contributed by atoms with Crippen LogP contribution in [0.15, 0.2) is 54.7 Å². The van der Waals surface area contributed by atoms with Crippen molar-refractivity contribution in [3.63, 3.8) is 0 Å². The number of aromatic nitrogens is 3. The molecule has 0 spiro atoms. The Balaban J connectivity index is 1.39. The monoisotopic (exact) mass is 605 g/mol. The summed E-state index contributed by atoms with van der Waals surface area (Å²) in [6.07, 6.45) is 5.40. The Morgan fingerprint density at radius 2 is 1.81 bits per heavy atom. The molecule has 2 aromatic carbocycles. The van der Waals surface area contributed by atoms with Crippen molar-refractivity contribution in [1.82, 2.24) is 19.9 Å². The quantitative estimate of drug-likeness (QED) is 0.143. The predicted molar refractivity (Wildman–Crippen MR) is 178 cm³/mol.